The summed E-state index contributed by atoms with van der Waals surface area (Å²) in [4.78, 5) is 8.56. The number of fused-ring (bicyclic) bond motifs is 1. The summed E-state index contributed by atoms with van der Waals surface area (Å²) >= 11 is 0. The van der Waals surface area contributed by atoms with Gasteiger partial charge in [-0.15, -0.1) is 0 Å². The predicted octanol–water partition coefficient (Wildman–Crippen LogP) is 1.96. The van der Waals surface area contributed by atoms with Crippen LogP contribution in [0, 0.1) is 6.92 Å². The van der Waals surface area contributed by atoms with E-state index in [9.17, 15) is 0 Å². The average molecular weight is 280 g/mol. The summed E-state index contributed by atoms with van der Waals surface area (Å²) in [5.74, 6) is 0.373. The number of nitrogens with zero attached hydrogens (tertiary/aromatic N) is 4. The molecular formula is C15H16N6. The number of aromatic nitrogens is 3. The molecule has 21 heavy (non-hydrogen) atoms. The number of anilines is 1. The minimum atomic E-state index is 0.373. The number of hydrogen-bond acceptors (Lipinski definition) is 3. The van der Waals surface area contributed by atoms with Crippen LogP contribution in [0.25, 0.3) is 5.65 Å². The van der Waals surface area contributed by atoms with Gasteiger partial charge in [-0.1, -0.05) is 12.1 Å². The third-order valence-corrected chi connectivity index (χ3v) is 3.07. The molecule has 0 aliphatic rings. The Balaban J connectivity index is 1.75. The Morgan fingerprint density at radius 2 is 2.19 bits per heavy atom. The first kappa shape index (κ1) is 13.1. The summed E-state index contributed by atoms with van der Waals surface area (Å²) in [6, 6.07) is 11.7. The number of nitrogens with two attached hydrogens (primary N) is 1. The molecule has 6 nitrogen and oxygen atoms in total. The fourth-order valence-electron chi connectivity index (χ4n) is 2.08. The van der Waals surface area contributed by atoms with Gasteiger partial charge in [-0.05, 0) is 30.7 Å². The average Bonchev–Trinajstić information content (AvgIpc) is 2.94. The smallest absolute Gasteiger partial charge is 0.193 e. The lowest BCUT2D eigenvalue weighted by molar-refractivity contribution is 0.835. The Kier molecular flexibility index (Phi) is 3.51. The van der Waals surface area contributed by atoms with E-state index in [1.807, 2.05) is 43.3 Å². The van der Waals surface area contributed by atoms with Gasteiger partial charge in [0.15, 0.2) is 11.6 Å². The van der Waals surface area contributed by atoms with Gasteiger partial charge in [-0.3, -0.25) is 0 Å². The van der Waals surface area contributed by atoms with Crippen LogP contribution in [0.4, 0.5) is 5.69 Å². The number of benzene rings is 1. The molecule has 3 aromatic rings. The van der Waals surface area contributed by atoms with Crippen molar-refractivity contribution in [2.45, 2.75) is 13.5 Å². The van der Waals surface area contributed by atoms with E-state index in [2.05, 4.69) is 20.4 Å². The molecule has 0 aliphatic heterocycles. The molecule has 0 bridgehead atoms. The summed E-state index contributed by atoms with van der Waals surface area (Å²) in [5.41, 5.74) is 9.74. The van der Waals surface area contributed by atoms with Crippen LogP contribution in [0.5, 0.6) is 0 Å². The van der Waals surface area contributed by atoms with Gasteiger partial charge in [0.05, 0.1) is 18.4 Å². The second kappa shape index (κ2) is 5.62. The molecule has 3 N–H and O–H groups in total. The van der Waals surface area contributed by atoms with Crippen molar-refractivity contribution in [1.82, 2.24) is 14.6 Å². The zero-order valence-electron chi connectivity index (χ0n) is 11.7. The van der Waals surface area contributed by atoms with Crippen molar-refractivity contribution >= 4 is 17.3 Å². The fraction of sp³-hybridized carbons (Fsp3) is 0.133. The first-order valence-electron chi connectivity index (χ1n) is 6.63. The number of guanidine groups is 1. The maximum absolute atomic E-state index is 5.92. The summed E-state index contributed by atoms with van der Waals surface area (Å²) in [6.07, 6.45) is 3.45. The lowest BCUT2D eigenvalue weighted by Crippen LogP contribution is -2.22. The highest BCUT2D eigenvalue weighted by Crippen LogP contribution is 2.09. The highest BCUT2D eigenvalue weighted by molar-refractivity contribution is 5.92. The van der Waals surface area contributed by atoms with Crippen molar-refractivity contribution in [3.8, 4) is 0 Å². The summed E-state index contributed by atoms with van der Waals surface area (Å²) in [6.45, 7) is 2.47. The lowest BCUT2D eigenvalue weighted by Gasteiger charge is -2.07. The van der Waals surface area contributed by atoms with E-state index in [1.165, 1.54) is 5.56 Å². The van der Waals surface area contributed by atoms with Crippen LogP contribution in [-0.4, -0.2) is 20.6 Å². The van der Waals surface area contributed by atoms with Crippen molar-refractivity contribution in [3.05, 3.63) is 60.0 Å². The quantitative estimate of drug-likeness (QED) is 0.567. The van der Waals surface area contributed by atoms with Gasteiger partial charge < -0.3 is 11.1 Å². The minimum absolute atomic E-state index is 0.373. The summed E-state index contributed by atoms with van der Waals surface area (Å²) in [5, 5.41) is 7.29. The summed E-state index contributed by atoms with van der Waals surface area (Å²) < 4.78 is 1.75. The van der Waals surface area contributed by atoms with Crippen LogP contribution >= 0.6 is 0 Å². The first-order valence-corrected chi connectivity index (χ1v) is 6.63. The van der Waals surface area contributed by atoms with E-state index in [0.29, 0.717) is 12.5 Å². The normalized spacial score (nSPS) is 11.8. The molecule has 0 saturated heterocycles. The monoisotopic (exact) mass is 280 g/mol. The van der Waals surface area contributed by atoms with Gasteiger partial charge in [0.1, 0.15) is 0 Å². The number of hydrogen-bond donors (Lipinski definition) is 2. The van der Waals surface area contributed by atoms with Crippen LogP contribution in [0.3, 0.4) is 0 Å². The Morgan fingerprint density at radius 3 is 3.05 bits per heavy atom. The van der Waals surface area contributed by atoms with E-state index in [1.54, 1.807) is 16.9 Å². The number of aryl methyl sites for hydroxylation is 1. The molecule has 0 unspecified atom stereocenters. The first-order chi connectivity index (χ1) is 10.2. The maximum atomic E-state index is 5.92. The molecule has 0 atom stereocenters. The Bertz CT molecular complexity index is 789. The Morgan fingerprint density at radius 1 is 1.29 bits per heavy atom. The molecular weight excluding hydrogens is 264 g/mol. The predicted molar refractivity (Wildman–Crippen MR) is 83.1 cm³/mol. The highest BCUT2D eigenvalue weighted by Gasteiger charge is 2.01. The molecule has 106 valence electrons. The van der Waals surface area contributed by atoms with Crippen molar-refractivity contribution in [2.24, 2.45) is 10.7 Å². The van der Waals surface area contributed by atoms with E-state index in [4.69, 9.17) is 5.73 Å². The maximum Gasteiger partial charge on any atom is 0.193 e. The van der Waals surface area contributed by atoms with Crippen LogP contribution in [0.2, 0.25) is 0 Å². The molecule has 0 radical (unpaired) electrons. The van der Waals surface area contributed by atoms with Crippen molar-refractivity contribution in [2.75, 3.05) is 5.32 Å². The van der Waals surface area contributed by atoms with Gasteiger partial charge in [-0.2, -0.15) is 5.10 Å². The Hall–Kier alpha value is -2.89. The molecule has 0 fully saturated rings. The van der Waals surface area contributed by atoms with Crippen LogP contribution in [0.15, 0.2) is 53.8 Å². The van der Waals surface area contributed by atoms with Crippen LogP contribution in [-0.2, 0) is 6.54 Å². The molecule has 0 amide bonds. The molecule has 2 aromatic heterocycles. The standard InChI is InChI=1S/C15H16N6/c1-11-3-2-4-12(9-11)20-15(16)18-10-13-5-7-17-14-6-8-19-21(13)14/h2-9H,10H2,1H3,(H3,16,18,20). The third kappa shape index (κ3) is 3.00. The lowest BCUT2D eigenvalue weighted by atomic mass is 10.2. The van der Waals surface area contributed by atoms with Gasteiger partial charge in [0, 0.05) is 18.0 Å². The van der Waals surface area contributed by atoms with E-state index >= 15 is 0 Å². The van der Waals surface area contributed by atoms with Gasteiger partial charge in [0.25, 0.3) is 0 Å². The van der Waals surface area contributed by atoms with E-state index < -0.39 is 0 Å². The van der Waals surface area contributed by atoms with E-state index in [-0.39, 0.29) is 0 Å². The zero-order chi connectivity index (χ0) is 14.7. The van der Waals surface area contributed by atoms with Gasteiger partial charge >= 0.3 is 0 Å². The zero-order valence-corrected chi connectivity index (χ0v) is 11.7. The second-order valence-electron chi connectivity index (χ2n) is 4.73. The van der Waals surface area contributed by atoms with E-state index in [0.717, 1.165) is 17.0 Å². The summed E-state index contributed by atoms with van der Waals surface area (Å²) in [7, 11) is 0. The largest absolute Gasteiger partial charge is 0.370 e. The van der Waals surface area contributed by atoms with Crippen molar-refractivity contribution < 1.29 is 0 Å². The second-order valence-corrected chi connectivity index (χ2v) is 4.73. The topological polar surface area (TPSA) is 80.6 Å². The molecule has 3 rings (SSSR count). The van der Waals surface area contributed by atoms with Gasteiger partial charge in [-0.25, -0.2) is 14.5 Å². The van der Waals surface area contributed by atoms with Crippen molar-refractivity contribution in [3.63, 3.8) is 0 Å². The Labute approximate surface area is 122 Å². The molecule has 1 aromatic carbocycles. The molecule has 6 heteroatoms. The minimum Gasteiger partial charge on any atom is -0.370 e. The number of aliphatic imine (C=N–C) groups is 1. The molecule has 0 saturated carbocycles. The number of rotatable bonds is 3. The van der Waals surface area contributed by atoms with Crippen molar-refractivity contribution in [1.29, 1.82) is 0 Å². The molecule has 0 aliphatic carbocycles. The molecule has 2 heterocycles. The van der Waals surface area contributed by atoms with Crippen LogP contribution in [0.1, 0.15) is 11.3 Å². The number of nitrogens with one attached hydrogen (secondary N) is 1. The van der Waals surface area contributed by atoms with Gasteiger partial charge in [0.2, 0.25) is 0 Å². The van der Waals surface area contributed by atoms with Crippen LogP contribution < -0.4 is 11.1 Å². The SMILES string of the molecule is Cc1cccc(NC(N)=NCc2ccnc3ccnn23)c1. The highest BCUT2D eigenvalue weighted by atomic mass is 15.3. The third-order valence-electron chi connectivity index (χ3n) is 3.07. The fourth-order valence-corrected chi connectivity index (χ4v) is 2.08. The molecule has 0 spiro atoms.